The first kappa shape index (κ1) is 11.9. The summed E-state index contributed by atoms with van der Waals surface area (Å²) in [5.74, 6) is 2.00. The van der Waals surface area contributed by atoms with Gasteiger partial charge in [-0.05, 0) is 37.1 Å². The molecule has 0 bridgehead atoms. The van der Waals surface area contributed by atoms with E-state index in [1.807, 2.05) is 24.3 Å². The van der Waals surface area contributed by atoms with Gasteiger partial charge < -0.3 is 4.52 Å². The van der Waals surface area contributed by atoms with Gasteiger partial charge in [-0.25, -0.2) is 0 Å². The number of aromatic nitrogens is 2. The van der Waals surface area contributed by atoms with E-state index in [0.29, 0.717) is 11.8 Å². The Balaban J connectivity index is 1.82. The van der Waals surface area contributed by atoms with Gasteiger partial charge in [0, 0.05) is 16.0 Å². The Morgan fingerprint density at radius 2 is 1.78 bits per heavy atom. The SMILES string of the molecule is Brc1ccc(-c2nc(C3CCCCC3)no2)cc1. The zero-order valence-electron chi connectivity index (χ0n) is 10.1. The summed E-state index contributed by atoms with van der Waals surface area (Å²) in [7, 11) is 0. The number of hydrogen-bond acceptors (Lipinski definition) is 3. The lowest BCUT2D eigenvalue weighted by atomic mass is 9.89. The van der Waals surface area contributed by atoms with Crippen molar-refractivity contribution in [2.75, 3.05) is 0 Å². The van der Waals surface area contributed by atoms with Gasteiger partial charge in [0.05, 0.1) is 0 Å². The van der Waals surface area contributed by atoms with Gasteiger partial charge in [-0.3, -0.25) is 0 Å². The smallest absolute Gasteiger partial charge is 0.257 e. The maximum Gasteiger partial charge on any atom is 0.257 e. The van der Waals surface area contributed by atoms with Crippen molar-refractivity contribution < 1.29 is 4.52 Å². The summed E-state index contributed by atoms with van der Waals surface area (Å²) >= 11 is 3.42. The number of benzene rings is 1. The topological polar surface area (TPSA) is 38.9 Å². The summed E-state index contributed by atoms with van der Waals surface area (Å²) in [4.78, 5) is 4.54. The minimum Gasteiger partial charge on any atom is -0.334 e. The van der Waals surface area contributed by atoms with Crippen LogP contribution in [0.25, 0.3) is 11.5 Å². The Hall–Kier alpha value is -1.16. The van der Waals surface area contributed by atoms with Crippen LogP contribution >= 0.6 is 15.9 Å². The van der Waals surface area contributed by atoms with Gasteiger partial charge in [0.25, 0.3) is 5.89 Å². The Kier molecular flexibility index (Phi) is 3.46. The molecule has 1 aliphatic carbocycles. The number of nitrogens with zero attached hydrogens (tertiary/aromatic N) is 2. The molecule has 1 aromatic heterocycles. The minimum absolute atomic E-state index is 0.492. The van der Waals surface area contributed by atoms with E-state index in [-0.39, 0.29) is 0 Å². The van der Waals surface area contributed by atoms with E-state index in [4.69, 9.17) is 4.52 Å². The van der Waals surface area contributed by atoms with E-state index in [1.165, 1.54) is 32.1 Å². The maximum atomic E-state index is 5.37. The molecule has 1 aromatic carbocycles. The molecule has 0 N–H and O–H groups in total. The second-order valence-electron chi connectivity index (χ2n) is 4.80. The minimum atomic E-state index is 0.492. The highest BCUT2D eigenvalue weighted by Gasteiger charge is 2.21. The number of hydrogen-bond donors (Lipinski definition) is 0. The van der Waals surface area contributed by atoms with Crippen molar-refractivity contribution in [3.8, 4) is 11.5 Å². The molecule has 18 heavy (non-hydrogen) atoms. The van der Waals surface area contributed by atoms with Crippen LogP contribution in [0.1, 0.15) is 43.8 Å². The van der Waals surface area contributed by atoms with E-state index in [2.05, 4.69) is 26.1 Å². The van der Waals surface area contributed by atoms with E-state index in [0.717, 1.165) is 15.9 Å². The molecule has 0 unspecified atom stereocenters. The van der Waals surface area contributed by atoms with Gasteiger partial charge >= 0.3 is 0 Å². The Bertz CT molecular complexity index is 515. The molecular formula is C14H15BrN2O. The average molecular weight is 307 g/mol. The van der Waals surface area contributed by atoms with Crippen LogP contribution in [0.2, 0.25) is 0 Å². The van der Waals surface area contributed by atoms with E-state index < -0.39 is 0 Å². The van der Waals surface area contributed by atoms with E-state index >= 15 is 0 Å². The fourth-order valence-electron chi connectivity index (χ4n) is 2.47. The monoisotopic (exact) mass is 306 g/mol. The molecule has 3 nitrogen and oxygen atoms in total. The lowest BCUT2D eigenvalue weighted by Crippen LogP contribution is -2.06. The van der Waals surface area contributed by atoms with Crippen LogP contribution in [0, 0.1) is 0 Å². The zero-order valence-corrected chi connectivity index (χ0v) is 11.7. The van der Waals surface area contributed by atoms with Crippen LogP contribution in [-0.4, -0.2) is 10.1 Å². The fourth-order valence-corrected chi connectivity index (χ4v) is 2.74. The summed E-state index contributed by atoms with van der Waals surface area (Å²) in [6.45, 7) is 0. The van der Waals surface area contributed by atoms with E-state index in [1.54, 1.807) is 0 Å². The molecule has 2 aromatic rings. The van der Waals surface area contributed by atoms with Crippen molar-refractivity contribution in [1.82, 2.24) is 10.1 Å². The molecule has 1 saturated carbocycles. The molecule has 1 heterocycles. The second-order valence-corrected chi connectivity index (χ2v) is 5.72. The molecule has 4 heteroatoms. The zero-order chi connectivity index (χ0) is 12.4. The highest BCUT2D eigenvalue weighted by atomic mass is 79.9. The van der Waals surface area contributed by atoms with Crippen LogP contribution in [0.4, 0.5) is 0 Å². The van der Waals surface area contributed by atoms with E-state index in [9.17, 15) is 0 Å². The van der Waals surface area contributed by atoms with Crippen molar-refractivity contribution >= 4 is 15.9 Å². The Labute approximate surface area is 115 Å². The summed E-state index contributed by atoms with van der Waals surface area (Å²) in [6.07, 6.45) is 6.30. The standard InChI is InChI=1S/C14H15BrN2O/c15-12-8-6-11(7-9-12)14-16-13(17-18-14)10-4-2-1-3-5-10/h6-10H,1-5H2. The molecule has 0 amide bonds. The van der Waals surface area contributed by atoms with Crippen molar-refractivity contribution in [3.63, 3.8) is 0 Å². The van der Waals surface area contributed by atoms with Gasteiger partial charge in [0.15, 0.2) is 5.82 Å². The summed E-state index contributed by atoms with van der Waals surface area (Å²) in [6, 6.07) is 7.95. The molecule has 0 radical (unpaired) electrons. The molecule has 1 fully saturated rings. The van der Waals surface area contributed by atoms with Gasteiger partial charge in [-0.1, -0.05) is 40.3 Å². The highest BCUT2D eigenvalue weighted by molar-refractivity contribution is 9.10. The van der Waals surface area contributed by atoms with Gasteiger partial charge in [-0.15, -0.1) is 0 Å². The largest absolute Gasteiger partial charge is 0.334 e. The predicted molar refractivity (Wildman–Crippen MR) is 73.3 cm³/mol. The average Bonchev–Trinajstić information content (AvgIpc) is 2.90. The third-order valence-corrected chi connectivity index (χ3v) is 4.03. The molecule has 0 spiro atoms. The predicted octanol–water partition coefficient (Wildman–Crippen LogP) is 4.55. The van der Waals surface area contributed by atoms with Gasteiger partial charge in [0.2, 0.25) is 0 Å². The van der Waals surface area contributed by atoms with Crippen molar-refractivity contribution in [3.05, 3.63) is 34.6 Å². The Morgan fingerprint density at radius 1 is 1.06 bits per heavy atom. The number of halogens is 1. The van der Waals surface area contributed by atoms with Crippen molar-refractivity contribution in [2.45, 2.75) is 38.0 Å². The van der Waals surface area contributed by atoms with Crippen molar-refractivity contribution in [1.29, 1.82) is 0 Å². The van der Waals surface area contributed by atoms with Gasteiger partial charge in [0.1, 0.15) is 0 Å². The van der Waals surface area contributed by atoms with Crippen molar-refractivity contribution in [2.24, 2.45) is 0 Å². The molecule has 1 aliphatic rings. The second kappa shape index (κ2) is 5.22. The maximum absolute atomic E-state index is 5.37. The summed E-state index contributed by atoms with van der Waals surface area (Å²) in [5.41, 5.74) is 0.979. The summed E-state index contributed by atoms with van der Waals surface area (Å²) in [5, 5.41) is 4.14. The molecule has 0 aliphatic heterocycles. The number of rotatable bonds is 2. The first-order valence-electron chi connectivity index (χ1n) is 6.42. The Morgan fingerprint density at radius 3 is 2.50 bits per heavy atom. The lowest BCUT2D eigenvalue weighted by Gasteiger charge is -2.17. The molecule has 0 saturated heterocycles. The quantitative estimate of drug-likeness (QED) is 0.817. The van der Waals surface area contributed by atoms with Crippen LogP contribution in [0.5, 0.6) is 0 Å². The van der Waals surface area contributed by atoms with Crippen LogP contribution in [0.15, 0.2) is 33.3 Å². The molecular weight excluding hydrogens is 292 g/mol. The lowest BCUT2D eigenvalue weighted by molar-refractivity contribution is 0.385. The first-order chi connectivity index (χ1) is 8.83. The van der Waals surface area contributed by atoms with Crippen LogP contribution < -0.4 is 0 Å². The molecule has 94 valence electrons. The van der Waals surface area contributed by atoms with Crippen LogP contribution in [-0.2, 0) is 0 Å². The van der Waals surface area contributed by atoms with Gasteiger partial charge in [-0.2, -0.15) is 4.98 Å². The normalized spacial score (nSPS) is 16.9. The fraction of sp³-hybridized carbons (Fsp3) is 0.429. The molecule has 0 atom stereocenters. The molecule has 3 rings (SSSR count). The first-order valence-corrected chi connectivity index (χ1v) is 7.22. The highest BCUT2D eigenvalue weighted by Crippen LogP contribution is 2.32. The summed E-state index contributed by atoms with van der Waals surface area (Å²) < 4.78 is 6.42. The van der Waals surface area contributed by atoms with Crippen LogP contribution in [0.3, 0.4) is 0 Å². The third kappa shape index (κ3) is 2.48. The third-order valence-electron chi connectivity index (χ3n) is 3.50.